The van der Waals surface area contributed by atoms with Gasteiger partial charge in [0, 0.05) is 18.0 Å². The van der Waals surface area contributed by atoms with E-state index in [2.05, 4.69) is 37.4 Å². The van der Waals surface area contributed by atoms with Crippen LogP contribution in [0.15, 0.2) is 39.7 Å². The number of ether oxygens (including phenoxy) is 1. The van der Waals surface area contributed by atoms with Crippen molar-refractivity contribution in [2.75, 3.05) is 13.7 Å². The summed E-state index contributed by atoms with van der Waals surface area (Å²) in [7, 11) is 1.38. The van der Waals surface area contributed by atoms with Crippen molar-refractivity contribution in [2.45, 2.75) is 38.5 Å². The van der Waals surface area contributed by atoms with E-state index in [0.29, 0.717) is 6.54 Å². The van der Waals surface area contributed by atoms with Gasteiger partial charge in [0.05, 0.1) is 7.11 Å². The van der Waals surface area contributed by atoms with Gasteiger partial charge in [-0.25, -0.2) is 0 Å². The highest BCUT2D eigenvalue weighted by molar-refractivity contribution is 5.91. The molecule has 1 aliphatic rings. The number of nitrogens with one attached hydrogen (secondary N) is 1. The Morgan fingerprint density at radius 1 is 1.24 bits per heavy atom. The van der Waals surface area contributed by atoms with Crippen LogP contribution in [0.1, 0.15) is 46.5 Å². The van der Waals surface area contributed by atoms with Crippen molar-refractivity contribution in [2.24, 2.45) is 0 Å². The first-order valence-corrected chi connectivity index (χ1v) is 8.48. The van der Waals surface area contributed by atoms with Gasteiger partial charge in [-0.05, 0) is 43.4 Å². The molecule has 1 fully saturated rings. The molecule has 5 heteroatoms. The van der Waals surface area contributed by atoms with Crippen molar-refractivity contribution in [3.05, 3.63) is 63.2 Å². The molecule has 1 amide bonds. The van der Waals surface area contributed by atoms with Gasteiger partial charge < -0.3 is 14.5 Å². The van der Waals surface area contributed by atoms with Gasteiger partial charge in [-0.3, -0.25) is 9.59 Å². The molecule has 0 spiro atoms. The summed E-state index contributed by atoms with van der Waals surface area (Å²) in [6.07, 6.45) is 4.41. The van der Waals surface area contributed by atoms with Crippen LogP contribution < -0.4 is 15.5 Å². The summed E-state index contributed by atoms with van der Waals surface area (Å²) in [6, 6.07) is 7.67. The minimum Gasteiger partial charge on any atom is -0.490 e. The summed E-state index contributed by atoms with van der Waals surface area (Å²) >= 11 is 0. The van der Waals surface area contributed by atoms with Crippen LogP contribution in [0.2, 0.25) is 0 Å². The lowest BCUT2D eigenvalue weighted by molar-refractivity contribution is 0.0897. The molecule has 1 aromatic heterocycles. The highest BCUT2D eigenvalue weighted by atomic mass is 16.5. The van der Waals surface area contributed by atoms with Crippen LogP contribution in [0, 0.1) is 13.8 Å². The Morgan fingerprint density at radius 3 is 2.56 bits per heavy atom. The second-order valence-electron chi connectivity index (χ2n) is 6.79. The van der Waals surface area contributed by atoms with Crippen LogP contribution in [0.5, 0.6) is 5.75 Å². The number of carbonyl (C=O) groups excluding carboxylic acids is 1. The Balaban J connectivity index is 1.74. The molecule has 2 aromatic rings. The Bertz CT molecular complexity index is 849. The summed E-state index contributed by atoms with van der Waals surface area (Å²) in [6.45, 7) is 4.74. The normalized spacial score (nSPS) is 15.3. The van der Waals surface area contributed by atoms with E-state index in [-0.39, 0.29) is 28.3 Å². The number of aryl methyl sites for hydroxylation is 2. The number of rotatable bonds is 5. The van der Waals surface area contributed by atoms with Gasteiger partial charge in [0.1, 0.15) is 6.26 Å². The first-order valence-electron chi connectivity index (χ1n) is 8.48. The third kappa shape index (κ3) is 3.31. The topological polar surface area (TPSA) is 68.5 Å². The summed E-state index contributed by atoms with van der Waals surface area (Å²) in [4.78, 5) is 24.1. The van der Waals surface area contributed by atoms with Crippen LogP contribution in [-0.2, 0) is 5.41 Å². The van der Waals surface area contributed by atoms with Gasteiger partial charge in [0.2, 0.25) is 11.2 Å². The number of hydrogen-bond acceptors (Lipinski definition) is 4. The molecule has 3 rings (SSSR count). The van der Waals surface area contributed by atoms with Gasteiger partial charge in [-0.15, -0.1) is 0 Å². The number of benzene rings is 1. The zero-order valence-electron chi connectivity index (χ0n) is 14.8. The van der Waals surface area contributed by atoms with Crippen LogP contribution in [0.3, 0.4) is 0 Å². The molecular weight excluding hydrogens is 318 g/mol. The first-order chi connectivity index (χ1) is 11.9. The lowest BCUT2D eigenvalue weighted by atomic mass is 9.64. The zero-order valence-corrected chi connectivity index (χ0v) is 14.8. The average Bonchev–Trinajstić information content (AvgIpc) is 2.56. The number of hydrogen-bond donors (Lipinski definition) is 1. The van der Waals surface area contributed by atoms with Crippen LogP contribution in [-0.4, -0.2) is 19.6 Å². The molecule has 1 N–H and O–H groups in total. The van der Waals surface area contributed by atoms with Crippen molar-refractivity contribution >= 4 is 5.91 Å². The van der Waals surface area contributed by atoms with Gasteiger partial charge in [0.25, 0.3) is 5.91 Å². The molecule has 25 heavy (non-hydrogen) atoms. The van der Waals surface area contributed by atoms with E-state index in [9.17, 15) is 9.59 Å². The molecule has 1 aliphatic carbocycles. The Hall–Kier alpha value is -2.56. The van der Waals surface area contributed by atoms with E-state index in [1.54, 1.807) is 0 Å². The van der Waals surface area contributed by atoms with Gasteiger partial charge in [-0.1, -0.05) is 24.6 Å². The SMILES string of the molecule is COc1coc(C(=O)NCC2(c3ccc(C)c(C)c3)CCC2)cc1=O. The monoisotopic (exact) mass is 341 g/mol. The molecule has 0 atom stereocenters. The largest absolute Gasteiger partial charge is 0.490 e. The molecule has 0 saturated heterocycles. The second-order valence-corrected chi connectivity index (χ2v) is 6.79. The van der Waals surface area contributed by atoms with Gasteiger partial charge in [0.15, 0.2) is 5.76 Å². The predicted molar refractivity (Wildman–Crippen MR) is 95.3 cm³/mol. The molecule has 5 nitrogen and oxygen atoms in total. The minimum atomic E-state index is -0.380. The van der Waals surface area contributed by atoms with Crippen molar-refractivity contribution in [3.8, 4) is 5.75 Å². The molecule has 0 unspecified atom stereocenters. The highest BCUT2D eigenvalue weighted by Crippen LogP contribution is 2.43. The summed E-state index contributed by atoms with van der Waals surface area (Å²) in [5.74, 6) is -0.294. The third-order valence-electron chi connectivity index (χ3n) is 5.26. The first kappa shape index (κ1) is 17.3. The average molecular weight is 341 g/mol. The van der Waals surface area contributed by atoms with E-state index >= 15 is 0 Å². The Labute approximate surface area is 147 Å². The molecular formula is C20H23NO4. The molecule has 1 aromatic carbocycles. The van der Waals surface area contributed by atoms with Gasteiger partial charge >= 0.3 is 0 Å². The molecule has 0 aliphatic heterocycles. The Morgan fingerprint density at radius 2 is 2.00 bits per heavy atom. The highest BCUT2D eigenvalue weighted by Gasteiger charge is 2.39. The second kappa shape index (κ2) is 6.75. The summed E-state index contributed by atoms with van der Waals surface area (Å²) in [5.41, 5.74) is 3.39. The standard InChI is InChI=1S/C20H23NO4/c1-13-5-6-15(9-14(13)2)20(7-4-8-20)12-21-19(23)17-10-16(22)18(24-3)11-25-17/h5-6,9-11H,4,7-8,12H2,1-3H3,(H,21,23). The number of methoxy groups -OCH3 is 1. The van der Waals surface area contributed by atoms with Crippen LogP contribution in [0.4, 0.5) is 0 Å². The van der Waals surface area contributed by atoms with Crippen molar-refractivity contribution < 1.29 is 13.9 Å². The zero-order chi connectivity index (χ0) is 18.0. The fourth-order valence-electron chi connectivity index (χ4n) is 3.25. The predicted octanol–water partition coefficient (Wildman–Crippen LogP) is 3.12. The van der Waals surface area contributed by atoms with Crippen LogP contribution in [0.25, 0.3) is 0 Å². The van der Waals surface area contributed by atoms with E-state index in [1.165, 1.54) is 30.1 Å². The van der Waals surface area contributed by atoms with Crippen molar-refractivity contribution in [3.63, 3.8) is 0 Å². The molecule has 1 heterocycles. The van der Waals surface area contributed by atoms with E-state index in [0.717, 1.165) is 25.3 Å². The third-order valence-corrected chi connectivity index (χ3v) is 5.26. The molecule has 0 bridgehead atoms. The maximum absolute atomic E-state index is 12.4. The summed E-state index contributed by atoms with van der Waals surface area (Å²) < 4.78 is 10.1. The quantitative estimate of drug-likeness (QED) is 0.907. The molecule has 1 saturated carbocycles. The van der Waals surface area contributed by atoms with Crippen molar-refractivity contribution in [1.29, 1.82) is 0 Å². The smallest absolute Gasteiger partial charge is 0.287 e. The minimum absolute atomic E-state index is 0.000333. The lowest BCUT2D eigenvalue weighted by Crippen LogP contribution is -2.45. The maximum atomic E-state index is 12.4. The van der Waals surface area contributed by atoms with Gasteiger partial charge in [-0.2, -0.15) is 0 Å². The lowest BCUT2D eigenvalue weighted by Gasteiger charge is -2.42. The van der Waals surface area contributed by atoms with E-state index in [1.807, 2.05) is 0 Å². The molecule has 0 radical (unpaired) electrons. The number of carbonyl (C=O) groups is 1. The molecule has 132 valence electrons. The fraction of sp³-hybridized carbons (Fsp3) is 0.400. The van der Waals surface area contributed by atoms with Crippen molar-refractivity contribution in [1.82, 2.24) is 5.32 Å². The fourth-order valence-corrected chi connectivity index (χ4v) is 3.25. The number of amides is 1. The van der Waals surface area contributed by atoms with E-state index in [4.69, 9.17) is 9.15 Å². The Kier molecular flexibility index (Phi) is 4.66. The maximum Gasteiger partial charge on any atom is 0.287 e. The van der Waals surface area contributed by atoms with Crippen LogP contribution >= 0.6 is 0 Å². The summed E-state index contributed by atoms with van der Waals surface area (Å²) in [5, 5.41) is 2.93. The van der Waals surface area contributed by atoms with E-state index < -0.39 is 0 Å².